The molecule has 3 fully saturated rings. The lowest BCUT2D eigenvalue weighted by Gasteiger charge is -2.38. The first kappa shape index (κ1) is 21.8. The van der Waals surface area contributed by atoms with E-state index >= 15 is 0 Å². The fourth-order valence-corrected chi connectivity index (χ4v) is 5.90. The summed E-state index contributed by atoms with van der Waals surface area (Å²) < 4.78 is 33.2. The third-order valence-electron chi connectivity index (χ3n) is 6.01. The first-order valence-corrected chi connectivity index (χ1v) is 12.0. The number of ether oxygens (including phenoxy) is 1. The van der Waals surface area contributed by atoms with Crippen molar-refractivity contribution in [2.75, 3.05) is 70.5 Å². The summed E-state index contributed by atoms with van der Waals surface area (Å²) in [5.74, 6) is 0. The number of nitro benzene ring substituents is 1. The number of sulfonamides is 1. The molecule has 2 amide bonds. The number of carbonyl (C=O) groups is 1. The Morgan fingerprint density at radius 1 is 0.935 bits per heavy atom. The molecule has 3 saturated heterocycles. The zero-order valence-electron chi connectivity index (χ0n) is 17.3. The number of non-ortho nitro benzene ring substituents is 1. The molecule has 0 aromatic heterocycles. The standard InChI is InChI=1S/C19H27N5O6S/c25-19(21-5-1-2-6-21)22-9-7-20(8-10-22)17-4-3-16(24(26)27)15-18(17)31(28,29)23-11-13-30-14-12-23/h3-4,15H,1-2,5-14H2. The van der Waals surface area contributed by atoms with Gasteiger partial charge in [-0.05, 0) is 18.9 Å². The molecule has 0 radical (unpaired) electrons. The van der Waals surface area contributed by atoms with Gasteiger partial charge >= 0.3 is 6.03 Å². The fraction of sp³-hybridized carbons (Fsp3) is 0.632. The van der Waals surface area contributed by atoms with Gasteiger partial charge in [0.2, 0.25) is 10.0 Å². The number of rotatable bonds is 4. The van der Waals surface area contributed by atoms with E-state index < -0.39 is 14.9 Å². The third-order valence-corrected chi connectivity index (χ3v) is 7.94. The number of hydrogen-bond donors (Lipinski definition) is 0. The normalized spacial score (nSPS) is 20.8. The number of nitro groups is 1. The lowest BCUT2D eigenvalue weighted by atomic mass is 10.2. The lowest BCUT2D eigenvalue weighted by molar-refractivity contribution is -0.385. The van der Waals surface area contributed by atoms with E-state index in [9.17, 15) is 23.3 Å². The molecule has 31 heavy (non-hydrogen) atoms. The fourth-order valence-electron chi connectivity index (χ4n) is 4.26. The van der Waals surface area contributed by atoms with Gasteiger partial charge < -0.3 is 19.4 Å². The Hall–Kier alpha value is -2.44. The van der Waals surface area contributed by atoms with Gasteiger partial charge in [-0.25, -0.2) is 13.2 Å². The topological polar surface area (TPSA) is 117 Å². The van der Waals surface area contributed by atoms with Crippen LogP contribution < -0.4 is 4.90 Å². The predicted octanol–water partition coefficient (Wildman–Crippen LogP) is 0.954. The summed E-state index contributed by atoms with van der Waals surface area (Å²) in [6.07, 6.45) is 2.05. The molecular formula is C19H27N5O6S. The second-order valence-electron chi connectivity index (χ2n) is 7.88. The number of urea groups is 1. The Labute approximate surface area is 181 Å². The summed E-state index contributed by atoms with van der Waals surface area (Å²) in [4.78, 5) is 28.8. The Kier molecular flexibility index (Phi) is 6.30. The van der Waals surface area contributed by atoms with E-state index in [1.165, 1.54) is 16.4 Å². The summed E-state index contributed by atoms with van der Waals surface area (Å²) in [6, 6.07) is 4.00. The smallest absolute Gasteiger partial charge is 0.320 e. The zero-order valence-corrected chi connectivity index (χ0v) is 18.1. The monoisotopic (exact) mass is 453 g/mol. The minimum absolute atomic E-state index is 0.0296. The molecule has 3 aliphatic heterocycles. The molecule has 0 saturated carbocycles. The first-order chi connectivity index (χ1) is 14.9. The lowest BCUT2D eigenvalue weighted by Crippen LogP contribution is -2.52. The number of carbonyl (C=O) groups excluding carboxylic acids is 1. The van der Waals surface area contributed by atoms with E-state index in [1.807, 2.05) is 9.80 Å². The summed E-state index contributed by atoms with van der Waals surface area (Å²) >= 11 is 0. The van der Waals surface area contributed by atoms with E-state index in [0.29, 0.717) is 45.1 Å². The van der Waals surface area contributed by atoms with Crippen LogP contribution >= 0.6 is 0 Å². The Balaban J connectivity index is 1.57. The molecule has 3 heterocycles. The molecule has 0 unspecified atom stereocenters. The van der Waals surface area contributed by atoms with Crippen molar-refractivity contribution in [1.82, 2.24) is 14.1 Å². The molecule has 4 rings (SSSR count). The van der Waals surface area contributed by atoms with E-state index in [-0.39, 0.29) is 29.7 Å². The van der Waals surface area contributed by atoms with Gasteiger partial charge in [-0.2, -0.15) is 4.31 Å². The van der Waals surface area contributed by atoms with Crippen LogP contribution in [0.4, 0.5) is 16.2 Å². The molecule has 1 aromatic carbocycles. The van der Waals surface area contributed by atoms with Gasteiger partial charge in [0.05, 0.1) is 23.8 Å². The van der Waals surface area contributed by atoms with Gasteiger partial charge in [-0.15, -0.1) is 0 Å². The van der Waals surface area contributed by atoms with Gasteiger partial charge in [0.15, 0.2) is 0 Å². The van der Waals surface area contributed by atoms with Crippen molar-refractivity contribution in [2.24, 2.45) is 0 Å². The van der Waals surface area contributed by atoms with Gasteiger partial charge in [0.1, 0.15) is 4.90 Å². The number of likely N-dealkylation sites (tertiary alicyclic amines) is 1. The van der Waals surface area contributed by atoms with Gasteiger partial charge in [-0.3, -0.25) is 10.1 Å². The quantitative estimate of drug-likeness (QED) is 0.492. The van der Waals surface area contributed by atoms with Crippen LogP contribution in [-0.4, -0.2) is 99.0 Å². The Morgan fingerprint density at radius 2 is 1.55 bits per heavy atom. The number of morpholine rings is 1. The average Bonchev–Trinajstić information content (AvgIpc) is 3.34. The number of amides is 2. The van der Waals surface area contributed by atoms with Crippen molar-refractivity contribution in [1.29, 1.82) is 0 Å². The summed E-state index contributed by atoms with van der Waals surface area (Å²) in [6.45, 7) is 4.44. The first-order valence-electron chi connectivity index (χ1n) is 10.5. The van der Waals surface area contributed by atoms with Crippen molar-refractivity contribution in [3.63, 3.8) is 0 Å². The zero-order chi connectivity index (χ0) is 22.0. The van der Waals surface area contributed by atoms with Gasteiger partial charge in [0, 0.05) is 64.5 Å². The predicted molar refractivity (Wildman–Crippen MR) is 113 cm³/mol. The second-order valence-corrected chi connectivity index (χ2v) is 9.78. The maximum absolute atomic E-state index is 13.3. The van der Waals surface area contributed by atoms with Gasteiger partial charge in [0.25, 0.3) is 5.69 Å². The van der Waals surface area contributed by atoms with Crippen molar-refractivity contribution in [3.8, 4) is 0 Å². The minimum atomic E-state index is -3.92. The highest BCUT2D eigenvalue weighted by Gasteiger charge is 2.33. The number of hydrogen-bond acceptors (Lipinski definition) is 7. The second kappa shape index (κ2) is 8.97. The molecule has 0 aliphatic carbocycles. The van der Waals surface area contributed by atoms with Crippen LogP contribution in [-0.2, 0) is 14.8 Å². The van der Waals surface area contributed by atoms with Crippen LogP contribution in [0.5, 0.6) is 0 Å². The molecule has 0 bridgehead atoms. The Bertz CT molecular complexity index is 935. The van der Waals surface area contributed by atoms with Crippen LogP contribution in [0.1, 0.15) is 12.8 Å². The molecule has 3 aliphatic rings. The number of nitrogens with zero attached hydrogens (tertiary/aromatic N) is 5. The molecular weight excluding hydrogens is 426 g/mol. The molecule has 170 valence electrons. The highest BCUT2D eigenvalue weighted by molar-refractivity contribution is 7.89. The van der Waals surface area contributed by atoms with Crippen LogP contribution in [0.3, 0.4) is 0 Å². The van der Waals surface area contributed by atoms with E-state index in [1.54, 1.807) is 4.90 Å². The van der Waals surface area contributed by atoms with Crippen LogP contribution in [0.15, 0.2) is 23.1 Å². The van der Waals surface area contributed by atoms with E-state index in [0.717, 1.165) is 32.0 Å². The highest BCUT2D eigenvalue weighted by atomic mass is 32.2. The molecule has 12 heteroatoms. The number of piperazine rings is 1. The maximum Gasteiger partial charge on any atom is 0.320 e. The van der Waals surface area contributed by atoms with Crippen LogP contribution in [0, 0.1) is 10.1 Å². The van der Waals surface area contributed by atoms with Crippen LogP contribution in [0.25, 0.3) is 0 Å². The number of anilines is 1. The molecule has 1 aromatic rings. The minimum Gasteiger partial charge on any atom is -0.379 e. The largest absolute Gasteiger partial charge is 0.379 e. The highest BCUT2D eigenvalue weighted by Crippen LogP contribution is 2.32. The van der Waals surface area contributed by atoms with Gasteiger partial charge in [-0.1, -0.05) is 0 Å². The summed E-state index contributed by atoms with van der Waals surface area (Å²) in [7, 11) is -3.92. The van der Waals surface area contributed by atoms with E-state index in [4.69, 9.17) is 4.74 Å². The van der Waals surface area contributed by atoms with Crippen molar-refractivity contribution >= 4 is 27.4 Å². The average molecular weight is 454 g/mol. The molecule has 0 atom stereocenters. The SMILES string of the molecule is O=C(N1CCCC1)N1CCN(c2ccc([N+](=O)[O-])cc2S(=O)(=O)N2CCOCC2)CC1. The molecule has 11 nitrogen and oxygen atoms in total. The molecule has 0 N–H and O–H groups in total. The third kappa shape index (κ3) is 4.46. The van der Waals surface area contributed by atoms with Crippen LogP contribution in [0.2, 0.25) is 0 Å². The van der Waals surface area contributed by atoms with Crippen molar-refractivity contribution in [2.45, 2.75) is 17.7 Å². The summed E-state index contributed by atoms with van der Waals surface area (Å²) in [5.41, 5.74) is 0.170. The van der Waals surface area contributed by atoms with Crippen molar-refractivity contribution < 1.29 is 22.9 Å². The maximum atomic E-state index is 13.3. The Morgan fingerprint density at radius 3 is 2.16 bits per heavy atom. The number of benzene rings is 1. The van der Waals surface area contributed by atoms with E-state index in [2.05, 4.69) is 0 Å². The van der Waals surface area contributed by atoms with Crippen molar-refractivity contribution in [3.05, 3.63) is 28.3 Å². The molecule has 0 spiro atoms. The summed E-state index contributed by atoms with van der Waals surface area (Å²) in [5, 5.41) is 11.3.